The van der Waals surface area contributed by atoms with Crippen LogP contribution in [-0.4, -0.2) is 37.1 Å². The molecule has 1 N–H and O–H groups in total. The Morgan fingerprint density at radius 1 is 1.19 bits per heavy atom. The summed E-state index contributed by atoms with van der Waals surface area (Å²) in [7, 11) is 2.28. The average molecular weight is 226 g/mol. The monoisotopic (exact) mass is 226 g/mol. The van der Waals surface area contributed by atoms with Gasteiger partial charge in [0.2, 0.25) is 0 Å². The van der Waals surface area contributed by atoms with Crippen LogP contribution < -0.4 is 5.32 Å². The fraction of sp³-hybridized carbons (Fsp3) is 1.00. The molecule has 0 aromatic rings. The van der Waals surface area contributed by atoms with Crippen LogP contribution in [0, 0.1) is 5.92 Å². The highest BCUT2D eigenvalue weighted by Crippen LogP contribution is 2.13. The summed E-state index contributed by atoms with van der Waals surface area (Å²) >= 11 is 0. The van der Waals surface area contributed by atoms with Gasteiger partial charge in [0, 0.05) is 18.6 Å². The van der Waals surface area contributed by atoms with Crippen molar-refractivity contribution in [2.24, 2.45) is 5.92 Å². The second kappa shape index (κ2) is 7.29. The first-order chi connectivity index (χ1) is 7.59. The summed E-state index contributed by atoms with van der Waals surface area (Å²) in [5.41, 5.74) is 0. The van der Waals surface area contributed by atoms with E-state index in [1.54, 1.807) is 0 Å². The molecule has 1 saturated heterocycles. The van der Waals surface area contributed by atoms with E-state index in [1.807, 2.05) is 0 Å². The smallest absolute Gasteiger partial charge is 0.0195 e. The van der Waals surface area contributed by atoms with Crippen molar-refractivity contribution in [3.63, 3.8) is 0 Å². The Labute approximate surface area is 102 Å². The van der Waals surface area contributed by atoms with Gasteiger partial charge in [-0.25, -0.2) is 0 Å². The Balaban J connectivity index is 2.28. The summed E-state index contributed by atoms with van der Waals surface area (Å²) in [5, 5.41) is 3.68. The molecule has 0 aliphatic carbocycles. The van der Waals surface area contributed by atoms with E-state index in [9.17, 15) is 0 Å². The van der Waals surface area contributed by atoms with Crippen molar-refractivity contribution < 1.29 is 0 Å². The van der Waals surface area contributed by atoms with Crippen molar-refractivity contribution >= 4 is 0 Å². The number of hydrogen-bond donors (Lipinski definition) is 1. The number of likely N-dealkylation sites (N-methyl/N-ethyl adjacent to an activating group) is 1. The highest BCUT2D eigenvalue weighted by atomic mass is 15.1. The van der Waals surface area contributed by atoms with E-state index < -0.39 is 0 Å². The summed E-state index contributed by atoms with van der Waals surface area (Å²) in [6.07, 6.45) is 6.85. The number of nitrogens with zero attached hydrogens (tertiary/aromatic N) is 1. The van der Waals surface area contributed by atoms with Crippen molar-refractivity contribution in [2.75, 3.05) is 20.1 Å². The van der Waals surface area contributed by atoms with Crippen LogP contribution in [0.15, 0.2) is 0 Å². The molecule has 2 atom stereocenters. The first-order valence-electron chi connectivity index (χ1n) is 7.03. The number of hydrogen-bond acceptors (Lipinski definition) is 2. The molecule has 0 aromatic heterocycles. The van der Waals surface area contributed by atoms with Crippen LogP contribution in [0.3, 0.4) is 0 Å². The molecule has 1 aliphatic rings. The minimum atomic E-state index is 0.713. The van der Waals surface area contributed by atoms with Gasteiger partial charge in [-0.05, 0) is 45.7 Å². The molecule has 0 spiro atoms. The highest BCUT2D eigenvalue weighted by molar-refractivity contribution is 4.76. The summed E-state index contributed by atoms with van der Waals surface area (Å²) in [4.78, 5) is 2.53. The summed E-state index contributed by atoms with van der Waals surface area (Å²) in [6, 6.07) is 1.44. The van der Waals surface area contributed by atoms with Gasteiger partial charge in [-0.15, -0.1) is 0 Å². The molecule has 0 amide bonds. The average Bonchev–Trinajstić information content (AvgIpc) is 2.45. The molecule has 0 aromatic carbocycles. The predicted octanol–water partition coefficient (Wildman–Crippen LogP) is 2.89. The van der Waals surface area contributed by atoms with E-state index in [2.05, 4.69) is 38.0 Å². The van der Waals surface area contributed by atoms with Crippen molar-refractivity contribution in [1.29, 1.82) is 0 Å². The van der Waals surface area contributed by atoms with Gasteiger partial charge in [-0.2, -0.15) is 0 Å². The lowest BCUT2D eigenvalue weighted by molar-refractivity contribution is 0.203. The molecule has 2 heteroatoms. The van der Waals surface area contributed by atoms with E-state index in [0.29, 0.717) is 6.04 Å². The fourth-order valence-electron chi connectivity index (χ4n) is 2.65. The minimum absolute atomic E-state index is 0.713. The van der Waals surface area contributed by atoms with Crippen molar-refractivity contribution in [3.05, 3.63) is 0 Å². The van der Waals surface area contributed by atoms with Crippen LogP contribution >= 0.6 is 0 Å². The second-order valence-electron chi connectivity index (χ2n) is 5.92. The maximum Gasteiger partial charge on any atom is 0.0195 e. The fourth-order valence-corrected chi connectivity index (χ4v) is 2.65. The third-order valence-corrected chi connectivity index (χ3v) is 3.74. The maximum atomic E-state index is 3.68. The Bertz CT molecular complexity index is 172. The van der Waals surface area contributed by atoms with E-state index in [-0.39, 0.29) is 0 Å². The van der Waals surface area contributed by atoms with Crippen LogP contribution in [0.4, 0.5) is 0 Å². The molecule has 0 radical (unpaired) electrons. The van der Waals surface area contributed by atoms with Gasteiger partial charge in [-0.1, -0.05) is 26.7 Å². The molecule has 16 heavy (non-hydrogen) atoms. The van der Waals surface area contributed by atoms with Gasteiger partial charge in [0.15, 0.2) is 0 Å². The zero-order valence-electron chi connectivity index (χ0n) is 11.6. The lowest BCUT2D eigenvalue weighted by atomic mass is 10.0. The third-order valence-electron chi connectivity index (χ3n) is 3.74. The SMILES string of the molecule is CC(C)CC(C)N(C)CC1CCCCCN1. The number of rotatable bonds is 5. The van der Waals surface area contributed by atoms with Crippen LogP contribution in [0.5, 0.6) is 0 Å². The third kappa shape index (κ3) is 5.31. The maximum absolute atomic E-state index is 3.68. The van der Waals surface area contributed by atoms with E-state index >= 15 is 0 Å². The quantitative estimate of drug-likeness (QED) is 0.775. The van der Waals surface area contributed by atoms with Gasteiger partial charge in [-0.3, -0.25) is 0 Å². The van der Waals surface area contributed by atoms with Crippen molar-refractivity contribution in [2.45, 2.75) is 65.0 Å². The second-order valence-corrected chi connectivity index (χ2v) is 5.92. The van der Waals surface area contributed by atoms with Gasteiger partial charge < -0.3 is 10.2 Å². The van der Waals surface area contributed by atoms with Gasteiger partial charge in [0.05, 0.1) is 0 Å². The number of nitrogens with one attached hydrogen (secondary N) is 1. The first kappa shape index (κ1) is 14.0. The lowest BCUT2D eigenvalue weighted by Crippen LogP contribution is -2.42. The standard InChI is InChI=1S/C14H30N2/c1-12(2)10-13(3)16(4)11-14-8-6-5-7-9-15-14/h12-15H,5-11H2,1-4H3. The van der Waals surface area contributed by atoms with Crippen LogP contribution in [0.2, 0.25) is 0 Å². The van der Waals surface area contributed by atoms with Crippen molar-refractivity contribution in [3.8, 4) is 0 Å². The minimum Gasteiger partial charge on any atom is -0.313 e. The van der Waals surface area contributed by atoms with Gasteiger partial charge in [0.25, 0.3) is 0 Å². The summed E-state index contributed by atoms with van der Waals surface area (Å²) in [5.74, 6) is 0.805. The molecule has 2 unspecified atom stereocenters. The van der Waals surface area contributed by atoms with Gasteiger partial charge in [0.1, 0.15) is 0 Å². The molecule has 1 heterocycles. The molecule has 1 aliphatic heterocycles. The van der Waals surface area contributed by atoms with Crippen LogP contribution in [0.25, 0.3) is 0 Å². The van der Waals surface area contributed by atoms with E-state index in [1.165, 1.54) is 45.2 Å². The molecule has 1 fully saturated rings. The van der Waals surface area contributed by atoms with Crippen LogP contribution in [-0.2, 0) is 0 Å². The van der Waals surface area contributed by atoms with E-state index in [4.69, 9.17) is 0 Å². The Kier molecular flexibility index (Phi) is 6.37. The molecular weight excluding hydrogens is 196 g/mol. The van der Waals surface area contributed by atoms with Crippen LogP contribution in [0.1, 0.15) is 52.9 Å². The summed E-state index contributed by atoms with van der Waals surface area (Å²) in [6.45, 7) is 9.42. The van der Waals surface area contributed by atoms with Gasteiger partial charge >= 0.3 is 0 Å². The molecule has 1 rings (SSSR count). The molecule has 0 bridgehead atoms. The topological polar surface area (TPSA) is 15.3 Å². The highest BCUT2D eigenvalue weighted by Gasteiger charge is 2.17. The Morgan fingerprint density at radius 2 is 1.94 bits per heavy atom. The van der Waals surface area contributed by atoms with Crippen molar-refractivity contribution in [1.82, 2.24) is 10.2 Å². The largest absolute Gasteiger partial charge is 0.313 e. The molecule has 2 nitrogen and oxygen atoms in total. The molecule has 0 saturated carbocycles. The molecule has 96 valence electrons. The molecular formula is C14H30N2. The first-order valence-corrected chi connectivity index (χ1v) is 7.03. The normalized spacial score (nSPS) is 24.8. The lowest BCUT2D eigenvalue weighted by Gasteiger charge is -2.30. The zero-order chi connectivity index (χ0) is 12.0. The zero-order valence-corrected chi connectivity index (χ0v) is 11.6. The van der Waals surface area contributed by atoms with E-state index in [0.717, 1.165) is 12.0 Å². The summed E-state index contributed by atoms with van der Waals surface area (Å²) < 4.78 is 0. The Morgan fingerprint density at radius 3 is 2.62 bits per heavy atom. The Hall–Kier alpha value is -0.0800. The predicted molar refractivity (Wildman–Crippen MR) is 71.8 cm³/mol.